The molecule has 0 saturated carbocycles. The molecule has 0 bridgehead atoms. The van der Waals surface area contributed by atoms with E-state index in [-0.39, 0.29) is 6.08 Å². The fourth-order valence-corrected chi connectivity index (χ4v) is 0.720. The number of isocyanates is 2. The van der Waals surface area contributed by atoms with Gasteiger partial charge in [0.2, 0.25) is 12.2 Å². The van der Waals surface area contributed by atoms with Crippen molar-refractivity contribution in [2.45, 2.75) is 30.9 Å². The van der Waals surface area contributed by atoms with Gasteiger partial charge in [-0.25, -0.2) is 9.59 Å². The fourth-order valence-electron chi connectivity index (χ4n) is 0.720. The highest BCUT2D eigenvalue weighted by Crippen LogP contribution is 2.40. The highest BCUT2D eigenvalue weighted by Gasteiger charge is 2.57. The van der Waals surface area contributed by atoms with Gasteiger partial charge in [0.1, 0.15) is 0 Å². The van der Waals surface area contributed by atoms with Crippen LogP contribution in [0, 0.1) is 0 Å². The minimum absolute atomic E-state index is 0.208. The predicted molar refractivity (Wildman–Crippen MR) is 40.3 cm³/mol. The zero-order valence-electron chi connectivity index (χ0n) is 7.89. The Hall–Kier alpha value is -1.66. The molecular weight excluding hydrogens is 258 g/mol. The quantitative estimate of drug-likeness (QED) is 0.319. The van der Waals surface area contributed by atoms with Gasteiger partial charge in [0.05, 0.1) is 0 Å². The number of carbonyl (C=O) groups excluding carboxylic acids is 2. The molecule has 0 aromatic rings. The summed E-state index contributed by atoms with van der Waals surface area (Å²) in [6.45, 7) is 0. The van der Waals surface area contributed by atoms with Crippen molar-refractivity contribution in [3.63, 3.8) is 0 Å². The number of nitrogens with zero attached hydrogens (tertiary/aromatic N) is 2. The first kappa shape index (κ1) is 15.3. The molecule has 0 aliphatic rings. The predicted octanol–water partition coefficient (Wildman–Crippen LogP) is 2.26. The summed E-state index contributed by atoms with van der Waals surface area (Å²) in [6.07, 6.45) is -3.22. The zero-order chi connectivity index (χ0) is 13.7. The molecule has 0 N–H and O–H groups in total. The summed E-state index contributed by atoms with van der Waals surface area (Å²) >= 11 is 0. The van der Waals surface area contributed by atoms with Crippen LogP contribution in [-0.4, -0.2) is 30.2 Å². The van der Waals surface area contributed by atoms with Gasteiger partial charge in [0.15, 0.2) is 0 Å². The van der Waals surface area contributed by atoms with Crippen LogP contribution in [0.5, 0.6) is 0 Å². The Balaban J connectivity index is 4.78. The van der Waals surface area contributed by atoms with E-state index in [0.717, 1.165) is 0 Å². The van der Waals surface area contributed by atoms with Gasteiger partial charge in [0, 0.05) is 12.8 Å². The van der Waals surface area contributed by atoms with Crippen molar-refractivity contribution in [3.05, 3.63) is 0 Å². The van der Waals surface area contributed by atoms with E-state index < -0.39 is 30.9 Å². The van der Waals surface area contributed by atoms with E-state index in [9.17, 15) is 35.9 Å². The lowest BCUT2D eigenvalue weighted by Gasteiger charge is -2.22. The van der Waals surface area contributed by atoms with Gasteiger partial charge < -0.3 is 0 Å². The van der Waals surface area contributed by atoms with Crippen LogP contribution in [0.1, 0.15) is 12.8 Å². The van der Waals surface area contributed by atoms with Crippen LogP contribution in [-0.2, 0) is 9.59 Å². The molecule has 0 unspecified atom stereocenters. The summed E-state index contributed by atoms with van der Waals surface area (Å²) in [5, 5.41) is 0. The Morgan fingerprint density at radius 1 is 0.824 bits per heavy atom. The van der Waals surface area contributed by atoms with Crippen molar-refractivity contribution >= 4 is 12.2 Å². The number of aliphatic imine (C=N–C) groups is 2. The molecule has 4 nitrogen and oxygen atoms in total. The third-order valence-electron chi connectivity index (χ3n) is 1.58. The van der Waals surface area contributed by atoms with Crippen molar-refractivity contribution in [1.82, 2.24) is 0 Å². The van der Waals surface area contributed by atoms with Crippen molar-refractivity contribution in [2.75, 3.05) is 0 Å². The average molecular weight is 262 g/mol. The van der Waals surface area contributed by atoms with Crippen LogP contribution >= 0.6 is 0 Å². The maximum absolute atomic E-state index is 12.7. The molecule has 17 heavy (non-hydrogen) atoms. The van der Waals surface area contributed by atoms with Gasteiger partial charge in [-0.3, -0.25) is 0 Å². The lowest BCUT2D eigenvalue weighted by molar-refractivity contribution is -0.212. The summed E-state index contributed by atoms with van der Waals surface area (Å²) in [5.74, 6) is -4.98. The molecule has 0 heterocycles. The third kappa shape index (κ3) is 4.38. The first-order valence-electron chi connectivity index (χ1n) is 3.89. The van der Waals surface area contributed by atoms with Gasteiger partial charge in [-0.1, -0.05) is 0 Å². The Bertz CT molecular complexity index is 371. The van der Waals surface area contributed by atoms with Crippen LogP contribution in [0.15, 0.2) is 9.98 Å². The Morgan fingerprint density at radius 2 is 1.29 bits per heavy atom. The normalized spacial score (nSPS) is 12.6. The SMILES string of the molecule is O=C=NC(F)(F)CCC(F)(F)C(F)(F)N=C=O. The molecule has 0 aliphatic carbocycles. The topological polar surface area (TPSA) is 58.9 Å². The van der Waals surface area contributed by atoms with E-state index in [4.69, 9.17) is 0 Å². The van der Waals surface area contributed by atoms with Gasteiger partial charge in [-0.15, -0.1) is 9.98 Å². The Labute approximate surface area is 90.0 Å². The maximum atomic E-state index is 12.7. The average Bonchev–Trinajstić information content (AvgIpc) is 2.15. The lowest BCUT2D eigenvalue weighted by atomic mass is 10.1. The summed E-state index contributed by atoms with van der Waals surface area (Å²) in [6, 6.07) is -9.37. The minimum atomic E-state index is -5.14. The smallest absolute Gasteiger partial charge is 0.211 e. The summed E-state index contributed by atoms with van der Waals surface area (Å²) in [4.78, 5) is 22.3. The Morgan fingerprint density at radius 3 is 1.71 bits per heavy atom. The highest BCUT2D eigenvalue weighted by molar-refractivity contribution is 5.34. The largest absolute Gasteiger partial charge is 0.414 e. The van der Waals surface area contributed by atoms with Crippen molar-refractivity contribution in [1.29, 1.82) is 0 Å². The molecular formula is C7H4F6N2O2. The molecule has 96 valence electrons. The second-order valence-corrected chi connectivity index (χ2v) is 2.82. The second kappa shape index (κ2) is 5.11. The van der Waals surface area contributed by atoms with Gasteiger partial charge >= 0.3 is 18.0 Å². The van der Waals surface area contributed by atoms with Gasteiger partial charge in [-0.05, 0) is 0 Å². The minimum Gasteiger partial charge on any atom is -0.211 e. The molecule has 0 fully saturated rings. The Kier molecular flexibility index (Phi) is 4.61. The first-order valence-corrected chi connectivity index (χ1v) is 3.89. The number of rotatable bonds is 6. The monoisotopic (exact) mass is 262 g/mol. The zero-order valence-corrected chi connectivity index (χ0v) is 7.89. The molecule has 0 aliphatic heterocycles. The fraction of sp³-hybridized carbons (Fsp3) is 0.714. The molecule has 0 atom stereocenters. The van der Waals surface area contributed by atoms with Crippen LogP contribution in [0.3, 0.4) is 0 Å². The van der Waals surface area contributed by atoms with Crippen molar-refractivity contribution < 1.29 is 35.9 Å². The van der Waals surface area contributed by atoms with Crippen molar-refractivity contribution in [2.24, 2.45) is 9.98 Å². The molecule has 0 aromatic heterocycles. The number of hydrogen-bond acceptors (Lipinski definition) is 4. The van der Waals surface area contributed by atoms with E-state index in [1.54, 1.807) is 0 Å². The summed E-state index contributed by atoms with van der Waals surface area (Å²) in [7, 11) is 0. The lowest BCUT2D eigenvalue weighted by Crippen LogP contribution is -2.39. The standard InChI is InChI=1S/C7H4F6N2O2/c8-5(9,7(12,13)15-4-17)1-2-6(10,11)14-3-16/h1-2H2. The molecule has 0 aromatic carbocycles. The second-order valence-electron chi connectivity index (χ2n) is 2.82. The first-order chi connectivity index (χ1) is 7.58. The maximum Gasteiger partial charge on any atom is 0.414 e. The molecule has 0 saturated heterocycles. The highest BCUT2D eigenvalue weighted by atomic mass is 19.3. The third-order valence-corrected chi connectivity index (χ3v) is 1.58. The number of hydrogen-bond donors (Lipinski definition) is 0. The number of alkyl halides is 6. The molecule has 0 amide bonds. The molecule has 0 radical (unpaired) electrons. The van der Waals surface area contributed by atoms with Crippen LogP contribution < -0.4 is 0 Å². The van der Waals surface area contributed by atoms with Gasteiger partial charge in [-0.2, -0.15) is 26.3 Å². The van der Waals surface area contributed by atoms with E-state index in [2.05, 4.69) is 0 Å². The molecule has 0 spiro atoms. The van der Waals surface area contributed by atoms with E-state index in [0.29, 0.717) is 6.08 Å². The van der Waals surface area contributed by atoms with E-state index in [1.807, 2.05) is 4.99 Å². The van der Waals surface area contributed by atoms with Crippen molar-refractivity contribution in [3.8, 4) is 0 Å². The van der Waals surface area contributed by atoms with Crippen LogP contribution in [0.4, 0.5) is 26.3 Å². The molecule has 10 heteroatoms. The van der Waals surface area contributed by atoms with Crippen LogP contribution in [0.2, 0.25) is 0 Å². The number of halogens is 6. The van der Waals surface area contributed by atoms with Crippen LogP contribution in [0.25, 0.3) is 0 Å². The molecule has 0 rings (SSSR count). The van der Waals surface area contributed by atoms with E-state index in [1.165, 1.54) is 4.99 Å². The van der Waals surface area contributed by atoms with Gasteiger partial charge in [0.25, 0.3) is 0 Å². The summed E-state index contributed by atoms with van der Waals surface area (Å²) in [5.41, 5.74) is 0. The summed E-state index contributed by atoms with van der Waals surface area (Å²) < 4.78 is 75.0. The van der Waals surface area contributed by atoms with E-state index >= 15 is 0 Å².